The van der Waals surface area contributed by atoms with Gasteiger partial charge in [0, 0.05) is 5.56 Å². The summed E-state index contributed by atoms with van der Waals surface area (Å²) in [7, 11) is 1.34. The van der Waals surface area contributed by atoms with Gasteiger partial charge in [0.05, 0.1) is 30.7 Å². The van der Waals surface area contributed by atoms with Crippen LogP contribution in [0.5, 0.6) is 0 Å². The smallest absolute Gasteiger partial charge is 0.337 e. The predicted octanol–water partition coefficient (Wildman–Crippen LogP) is 3.12. The number of hydrazone groups is 1. The Morgan fingerprint density at radius 2 is 1.68 bits per heavy atom. The van der Waals surface area contributed by atoms with E-state index in [9.17, 15) is 14.4 Å². The van der Waals surface area contributed by atoms with Gasteiger partial charge < -0.3 is 9.15 Å². The first-order valence-electron chi connectivity index (χ1n) is 10.5. The molecule has 1 aromatic carbocycles. The highest BCUT2D eigenvalue weighted by Gasteiger charge is 2.67. The van der Waals surface area contributed by atoms with E-state index >= 15 is 0 Å². The molecule has 31 heavy (non-hydrogen) atoms. The van der Waals surface area contributed by atoms with E-state index in [-0.39, 0.29) is 35.5 Å². The standard InChI is InChI=1S/C24H20N2O5/c1-30-24(29)13-4-2-12(3-5-13)19-9-6-14(31-19)11-25-26-22(27)20-15-7-8-16(18-10-17(15)18)21(20)23(26)28/h2-9,11,15-18,20-21H,10H2,1H3/t15-,16-,17-,18+,20-,21+/m0/s1. The summed E-state index contributed by atoms with van der Waals surface area (Å²) in [6.07, 6.45) is 6.83. The average molecular weight is 416 g/mol. The summed E-state index contributed by atoms with van der Waals surface area (Å²) in [6, 6.07) is 10.4. The maximum Gasteiger partial charge on any atom is 0.337 e. The van der Waals surface area contributed by atoms with Crippen molar-refractivity contribution >= 4 is 24.0 Å². The third-order valence-electron chi connectivity index (χ3n) is 7.16. The maximum atomic E-state index is 13.0. The number of furan rings is 1. The number of imide groups is 1. The third-order valence-corrected chi connectivity index (χ3v) is 7.16. The first-order chi connectivity index (χ1) is 15.1. The zero-order valence-corrected chi connectivity index (χ0v) is 16.8. The van der Waals surface area contributed by atoms with Crippen molar-refractivity contribution in [1.82, 2.24) is 5.01 Å². The third kappa shape index (κ3) is 2.65. The number of benzene rings is 1. The van der Waals surface area contributed by atoms with E-state index in [1.54, 1.807) is 36.4 Å². The van der Waals surface area contributed by atoms with Gasteiger partial charge in [-0.1, -0.05) is 24.3 Å². The zero-order chi connectivity index (χ0) is 21.3. The Bertz CT molecular complexity index is 1120. The molecule has 0 radical (unpaired) electrons. The molecule has 5 aliphatic rings. The fourth-order valence-corrected chi connectivity index (χ4v) is 5.64. The lowest BCUT2D eigenvalue weighted by molar-refractivity contribution is -0.140. The van der Waals surface area contributed by atoms with Crippen LogP contribution in [0.3, 0.4) is 0 Å². The quantitative estimate of drug-likeness (QED) is 0.331. The summed E-state index contributed by atoms with van der Waals surface area (Å²) in [4.78, 5) is 37.5. The summed E-state index contributed by atoms with van der Waals surface area (Å²) < 4.78 is 10.5. The molecule has 7 heteroatoms. The second-order valence-corrected chi connectivity index (χ2v) is 8.66. The normalized spacial score (nSPS) is 32.5. The molecule has 6 atom stereocenters. The lowest BCUT2D eigenvalue weighted by Crippen LogP contribution is -2.40. The number of hydrogen-bond donors (Lipinski definition) is 0. The van der Waals surface area contributed by atoms with Crippen LogP contribution in [-0.2, 0) is 14.3 Å². The van der Waals surface area contributed by atoms with Gasteiger partial charge in [-0.25, -0.2) is 4.79 Å². The highest BCUT2D eigenvalue weighted by atomic mass is 16.5. The average Bonchev–Trinajstić information content (AvgIpc) is 3.44. The van der Waals surface area contributed by atoms with Crippen LogP contribution in [0.4, 0.5) is 0 Å². The molecule has 1 aliphatic heterocycles. The van der Waals surface area contributed by atoms with Crippen LogP contribution in [-0.4, -0.2) is 36.1 Å². The van der Waals surface area contributed by atoms with Crippen molar-refractivity contribution in [1.29, 1.82) is 0 Å². The van der Waals surface area contributed by atoms with Crippen molar-refractivity contribution in [3.05, 3.63) is 59.9 Å². The number of carbonyl (C=O) groups is 3. The molecule has 156 valence electrons. The number of esters is 1. The highest BCUT2D eigenvalue weighted by molar-refractivity contribution is 6.06. The zero-order valence-electron chi connectivity index (χ0n) is 16.8. The van der Waals surface area contributed by atoms with Crippen LogP contribution in [0, 0.1) is 35.5 Å². The van der Waals surface area contributed by atoms with Crippen molar-refractivity contribution in [2.24, 2.45) is 40.6 Å². The molecule has 0 unspecified atom stereocenters. The molecule has 2 bridgehead atoms. The Kier molecular flexibility index (Phi) is 3.84. The number of hydrogen-bond acceptors (Lipinski definition) is 6. The highest BCUT2D eigenvalue weighted by Crippen LogP contribution is 2.65. The molecule has 7 nitrogen and oxygen atoms in total. The molecule has 0 spiro atoms. The summed E-state index contributed by atoms with van der Waals surface area (Å²) in [5.74, 6) is 1.21. The van der Waals surface area contributed by atoms with Gasteiger partial charge in [-0.2, -0.15) is 10.1 Å². The second kappa shape index (κ2) is 6.51. The van der Waals surface area contributed by atoms with E-state index < -0.39 is 5.97 Å². The molecule has 2 aromatic rings. The van der Waals surface area contributed by atoms with Crippen LogP contribution in [0.25, 0.3) is 11.3 Å². The van der Waals surface area contributed by atoms with Crippen molar-refractivity contribution in [3.8, 4) is 11.3 Å². The summed E-state index contributed by atoms with van der Waals surface area (Å²) >= 11 is 0. The topological polar surface area (TPSA) is 89.2 Å². The van der Waals surface area contributed by atoms with Crippen LogP contribution in [0.15, 0.2) is 58.1 Å². The first kappa shape index (κ1) is 18.3. The lowest BCUT2D eigenvalue weighted by Gasteiger charge is -2.37. The Morgan fingerprint density at radius 3 is 2.29 bits per heavy atom. The van der Waals surface area contributed by atoms with Gasteiger partial charge in [0.2, 0.25) is 0 Å². The van der Waals surface area contributed by atoms with Crippen molar-refractivity contribution in [2.75, 3.05) is 7.11 Å². The van der Waals surface area contributed by atoms with Gasteiger partial charge in [-0.05, 0) is 54.4 Å². The predicted molar refractivity (Wildman–Crippen MR) is 110 cm³/mol. The van der Waals surface area contributed by atoms with Crippen molar-refractivity contribution in [3.63, 3.8) is 0 Å². The van der Waals surface area contributed by atoms with Gasteiger partial charge in [0.25, 0.3) is 11.8 Å². The molecule has 1 saturated heterocycles. The summed E-state index contributed by atoms with van der Waals surface area (Å²) in [6.45, 7) is 0. The minimum Gasteiger partial charge on any atom is -0.465 e. The van der Waals surface area contributed by atoms with E-state index in [4.69, 9.17) is 9.15 Å². The van der Waals surface area contributed by atoms with Crippen LogP contribution in [0.2, 0.25) is 0 Å². The summed E-state index contributed by atoms with van der Waals surface area (Å²) in [5, 5.41) is 5.24. The molecule has 4 aliphatic carbocycles. The number of methoxy groups -OCH3 is 1. The number of allylic oxidation sites excluding steroid dienone is 2. The lowest BCUT2D eigenvalue weighted by atomic mass is 9.63. The number of ether oxygens (including phenoxy) is 1. The van der Waals surface area contributed by atoms with Crippen molar-refractivity contribution < 1.29 is 23.5 Å². The van der Waals surface area contributed by atoms with Crippen LogP contribution >= 0.6 is 0 Å². The van der Waals surface area contributed by atoms with E-state index in [0.717, 1.165) is 17.0 Å². The molecule has 3 fully saturated rings. The van der Waals surface area contributed by atoms with Crippen LogP contribution in [0.1, 0.15) is 22.5 Å². The number of nitrogens with zero attached hydrogens (tertiary/aromatic N) is 2. The Balaban J connectivity index is 1.20. The molecule has 2 heterocycles. The largest absolute Gasteiger partial charge is 0.465 e. The van der Waals surface area contributed by atoms with E-state index in [2.05, 4.69) is 17.3 Å². The Labute approximate surface area is 178 Å². The van der Waals surface area contributed by atoms with Gasteiger partial charge in [0.1, 0.15) is 11.5 Å². The van der Waals surface area contributed by atoms with Gasteiger partial charge in [-0.15, -0.1) is 0 Å². The molecule has 0 N–H and O–H groups in total. The maximum absolute atomic E-state index is 13.0. The summed E-state index contributed by atoms with van der Waals surface area (Å²) in [5.41, 5.74) is 1.24. The fourth-order valence-electron chi connectivity index (χ4n) is 5.64. The first-order valence-corrected chi connectivity index (χ1v) is 10.5. The van der Waals surface area contributed by atoms with Gasteiger partial charge in [0.15, 0.2) is 0 Å². The Hall–Kier alpha value is -3.48. The SMILES string of the molecule is COC(=O)c1ccc(-c2ccc(C=NN3C(=O)[C@@H]4[C@H]5C=C[C@@H]([C@@H]6C[C@H]56)[C@@H]4C3=O)o2)cc1. The molecule has 2 amide bonds. The minimum absolute atomic E-state index is 0.180. The molecule has 7 rings (SSSR count). The van der Waals surface area contributed by atoms with Gasteiger partial charge in [-0.3, -0.25) is 9.59 Å². The van der Waals surface area contributed by atoms with E-state index in [1.165, 1.54) is 13.3 Å². The van der Waals surface area contributed by atoms with E-state index in [1.807, 2.05) is 0 Å². The molecule has 2 saturated carbocycles. The molecular formula is C24H20N2O5. The minimum atomic E-state index is -0.403. The number of rotatable bonds is 4. The van der Waals surface area contributed by atoms with Crippen molar-refractivity contribution in [2.45, 2.75) is 6.42 Å². The van der Waals surface area contributed by atoms with E-state index in [0.29, 0.717) is 28.9 Å². The second-order valence-electron chi connectivity index (χ2n) is 8.66. The number of amides is 2. The van der Waals surface area contributed by atoms with Gasteiger partial charge >= 0.3 is 5.97 Å². The van der Waals surface area contributed by atoms with Crippen LogP contribution < -0.4 is 0 Å². The molecular weight excluding hydrogens is 396 g/mol. The number of carbonyl (C=O) groups excluding carboxylic acids is 3. The fraction of sp³-hybridized carbons (Fsp3) is 0.333. The molecule has 1 aromatic heterocycles. The Morgan fingerprint density at radius 1 is 1.03 bits per heavy atom. The monoisotopic (exact) mass is 416 g/mol.